The van der Waals surface area contributed by atoms with Crippen LogP contribution in [0.25, 0.3) is 11.6 Å². The number of benzene rings is 2. The number of hydrogen-bond acceptors (Lipinski definition) is 0. The van der Waals surface area contributed by atoms with Crippen LogP contribution in [0.3, 0.4) is 0 Å². The molecule has 0 radical (unpaired) electrons. The van der Waals surface area contributed by atoms with Crippen molar-refractivity contribution in [2.45, 2.75) is 13.8 Å². The monoisotopic (exact) mass is 236 g/mol. The molecule has 0 heterocycles. The highest BCUT2D eigenvalue weighted by Gasteiger charge is 2.00. The summed E-state index contributed by atoms with van der Waals surface area (Å²) in [5, 5.41) is 0. The van der Waals surface area contributed by atoms with Crippen molar-refractivity contribution in [3.8, 4) is 0 Å². The molecule has 0 aliphatic heterocycles. The van der Waals surface area contributed by atoms with E-state index in [9.17, 15) is 0 Å². The molecule has 0 saturated carbocycles. The molecule has 2 rings (SSSR count). The van der Waals surface area contributed by atoms with Gasteiger partial charge < -0.3 is 0 Å². The van der Waals surface area contributed by atoms with Crippen LogP contribution in [-0.4, -0.2) is 0 Å². The van der Waals surface area contributed by atoms with Crippen LogP contribution in [0.15, 0.2) is 67.8 Å². The first-order chi connectivity index (χ1) is 8.81. The minimum Gasteiger partial charge on any atom is -0.0985 e. The second kappa shape index (κ2) is 7.29. The van der Waals surface area contributed by atoms with Gasteiger partial charge in [0.05, 0.1) is 0 Å². The Hall–Kier alpha value is -2.08. The predicted molar refractivity (Wildman–Crippen MR) is 82.5 cm³/mol. The first kappa shape index (κ1) is 14.0. The first-order valence-electron chi connectivity index (χ1n) is 6.28. The quantitative estimate of drug-likeness (QED) is 0.667. The summed E-state index contributed by atoms with van der Waals surface area (Å²) in [5.41, 5.74) is 4.49. The Kier molecular flexibility index (Phi) is 5.66. The Morgan fingerprint density at radius 2 is 1.33 bits per heavy atom. The summed E-state index contributed by atoms with van der Waals surface area (Å²) in [4.78, 5) is 0. The van der Waals surface area contributed by atoms with Gasteiger partial charge in [-0.3, -0.25) is 0 Å². The molecule has 0 unspecified atom stereocenters. The maximum atomic E-state index is 4.12. The second-order valence-electron chi connectivity index (χ2n) is 3.67. The largest absolute Gasteiger partial charge is 0.0985 e. The summed E-state index contributed by atoms with van der Waals surface area (Å²) in [6.45, 7) is 11.9. The molecule has 92 valence electrons. The van der Waals surface area contributed by atoms with E-state index in [0.29, 0.717) is 0 Å². The average Bonchev–Trinajstić information content (AvgIpc) is 2.49. The summed E-state index contributed by atoms with van der Waals surface area (Å²) in [5.74, 6) is 0. The Morgan fingerprint density at radius 3 is 1.83 bits per heavy atom. The molecule has 2 aromatic rings. The van der Waals surface area contributed by atoms with E-state index in [1.54, 1.807) is 0 Å². The molecule has 0 aliphatic carbocycles. The van der Waals surface area contributed by atoms with Crippen LogP contribution >= 0.6 is 0 Å². The molecular formula is C18H20. The fourth-order valence-corrected chi connectivity index (χ4v) is 1.63. The first-order valence-corrected chi connectivity index (χ1v) is 6.28. The minimum absolute atomic E-state index is 1.05. The molecule has 0 heteroatoms. The normalized spacial score (nSPS) is 9.00. The summed E-state index contributed by atoms with van der Waals surface area (Å²) < 4.78 is 0. The van der Waals surface area contributed by atoms with E-state index in [1.165, 1.54) is 0 Å². The van der Waals surface area contributed by atoms with Gasteiger partial charge in [0.1, 0.15) is 0 Å². The minimum atomic E-state index is 1.05. The van der Waals surface area contributed by atoms with Gasteiger partial charge in [0.25, 0.3) is 0 Å². The fourth-order valence-electron chi connectivity index (χ4n) is 1.63. The maximum absolute atomic E-state index is 4.12. The zero-order valence-electron chi connectivity index (χ0n) is 11.2. The smallest absolute Gasteiger partial charge is 0.0183 e. The molecule has 0 fully saturated rings. The van der Waals surface area contributed by atoms with Crippen molar-refractivity contribution in [3.63, 3.8) is 0 Å². The molecular weight excluding hydrogens is 216 g/mol. The molecule has 0 bridgehead atoms. The van der Waals surface area contributed by atoms with Gasteiger partial charge in [-0.15, -0.1) is 0 Å². The van der Waals surface area contributed by atoms with Crippen LogP contribution in [0.4, 0.5) is 0 Å². The average molecular weight is 236 g/mol. The lowest BCUT2D eigenvalue weighted by Crippen LogP contribution is -1.85. The van der Waals surface area contributed by atoms with E-state index in [0.717, 1.165) is 22.3 Å². The maximum Gasteiger partial charge on any atom is -0.0183 e. The van der Waals surface area contributed by atoms with Crippen molar-refractivity contribution in [3.05, 3.63) is 84.4 Å². The van der Waals surface area contributed by atoms with Gasteiger partial charge in [-0.25, -0.2) is 0 Å². The Morgan fingerprint density at radius 1 is 0.833 bits per heavy atom. The van der Waals surface area contributed by atoms with Crippen LogP contribution < -0.4 is 0 Å². The SMILES string of the molecule is C=Cc1ccc(C(=C)c2ccccc2)cc1.CC. The van der Waals surface area contributed by atoms with Gasteiger partial charge in [0, 0.05) is 0 Å². The highest BCUT2D eigenvalue weighted by atomic mass is 14.0. The Bertz CT molecular complexity index is 489. The highest BCUT2D eigenvalue weighted by molar-refractivity contribution is 5.78. The van der Waals surface area contributed by atoms with Gasteiger partial charge >= 0.3 is 0 Å². The van der Waals surface area contributed by atoms with Crippen LogP contribution in [0.5, 0.6) is 0 Å². The van der Waals surface area contributed by atoms with Crippen molar-refractivity contribution < 1.29 is 0 Å². The molecule has 18 heavy (non-hydrogen) atoms. The van der Waals surface area contributed by atoms with Crippen LogP contribution in [0.1, 0.15) is 30.5 Å². The second-order valence-corrected chi connectivity index (χ2v) is 3.67. The lowest BCUT2D eigenvalue weighted by atomic mass is 9.99. The number of rotatable bonds is 3. The van der Waals surface area contributed by atoms with Gasteiger partial charge in [0.15, 0.2) is 0 Å². The third-order valence-electron chi connectivity index (χ3n) is 2.62. The molecule has 0 saturated heterocycles. The third-order valence-corrected chi connectivity index (χ3v) is 2.62. The van der Waals surface area contributed by atoms with E-state index in [-0.39, 0.29) is 0 Å². The molecule has 0 aromatic heterocycles. The summed E-state index contributed by atoms with van der Waals surface area (Å²) in [7, 11) is 0. The Balaban J connectivity index is 0.000000771. The molecule has 0 N–H and O–H groups in total. The van der Waals surface area contributed by atoms with Gasteiger partial charge in [-0.05, 0) is 22.3 Å². The fraction of sp³-hybridized carbons (Fsp3) is 0.111. The van der Waals surface area contributed by atoms with Crippen molar-refractivity contribution in [1.29, 1.82) is 0 Å². The van der Waals surface area contributed by atoms with E-state index >= 15 is 0 Å². The Labute approximate surface area is 110 Å². The van der Waals surface area contributed by atoms with Crippen molar-refractivity contribution >= 4 is 11.6 Å². The number of hydrogen-bond donors (Lipinski definition) is 0. The van der Waals surface area contributed by atoms with E-state index in [2.05, 4.69) is 49.6 Å². The van der Waals surface area contributed by atoms with Gasteiger partial charge in [0.2, 0.25) is 0 Å². The standard InChI is InChI=1S/C16H14.C2H6/c1-3-14-9-11-16(12-10-14)13(2)15-7-5-4-6-8-15;1-2/h3-12H,1-2H2;1-2H3. The van der Waals surface area contributed by atoms with Crippen LogP contribution in [0.2, 0.25) is 0 Å². The summed E-state index contributed by atoms with van der Waals surface area (Å²) in [6, 6.07) is 18.5. The predicted octanol–water partition coefficient (Wildman–Crippen LogP) is 5.42. The lowest BCUT2D eigenvalue weighted by molar-refractivity contribution is 1.50. The topological polar surface area (TPSA) is 0 Å². The zero-order valence-corrected chi connectivity index (χ0v) is 11.2. The van der Waals surface area contributed by atoms with E-state index in [4.69, 9.17) is 0 Å². The van der Waals surface area contributed by atoms with Gasteiger partial charge in [-0.1, -0.05) is 87.7 Å². The van der Waals surface area contributed by atoms with E-state index < -0.39 is 0 Å². The molecule has 0 amide bonds. The van der Waals surface area contributed by atoms with Gasteiger partial charge in [-0.2, -0.15) is 0 Å². The summed E-state index contributed by atoms with van der Waals surface area (Å²) >= 11 is 0. The zero-order chi connectivity index (χ0) is 13.4. The van der Waals surface area contributed by atoms with Crippen LogP contribution in [0, 0.1) is 0 Å². The van der Waals surface area contributed by atoms with Crippen molar-refractivity contribution in [2.24, 2.45) is 0 Å². The molecule has 0 aliphatic rings. The molecule has 0 atom stereocenters. The van der Waals surface area contributed by atoms with E-state index in [1.807, 2.05) is 38.1 Å². The molecule has 0 spiro atoms. The van der Waals surface area contributed by atoms with Crippen molar-refractivity contribution in [2.75, 3.05) is 0 Å². The van der Waals surface area contributed by atoms with Crippen LogP contribution in [-0.2, 0) is 0 Å². The summed E-state index contributed by atoms with van der Waals surface area (Å²) in [6.07, 6.45) is 1.84. The third kappa shape index (κ3) is 3.46. The molecule has 2 aromatic carbocycles. The lowest BCUT2D eigenvalue weighted by Gasteiger charge is -2.06. The highest BCUT2D eigenvalue weighted by Crippen LogP contribution is 2.21. The molecule has 0 nitrogen and oxygen atoms in total. The van der Waals surface area contributed by atoms with Crippen molar-refractivity contribution in [1.82, 2.24) is 0 Å².